The molecule has 0 fully saturated rings. The number of ether oxygens (including phenoxy) is 2. The summed E-state index contributed by atoms with van der Waals surface area (Å²) >= 11 is 0. The van der Waals surface area contributed by atoms with Gasteiger partial charge in [0.2, 0.25) is 0 Å². The first-order valence-corrected chi connectivity index (χ1v) is 8.69. The minimum Gasteiger partial charge on any atom is -0.493 e. The lowest BCUT2D eigenvalue weighted by molar-refractivity contribution is -0.385. The van der Waals surface area contributed by atoms with E-state index in [4.69, 9.17) is 9.47 Å². The molecule has 2 aromatic carbocycles. The molecular formula is C20H22N2O4. The predicted molar refractivity (Wildman–Crippen MR) is 99.2 cm³/mol. The van der Waals surface area contributed by atoms with Crippen LogP contribution in [0.3, 0.4) is 0 Å². The Bertz CT molecular complexity index is 891. The van der Waals surface area contributed by atoms with E-state index in [9.17, 15) is 10.1 Å². The van der Waals surface area contributed by atoms with Gasteiger partial charge in [0, 0.05) is 30.8 Å². The number of anilines is 1. The summed E-state index contributed by atoms with van der Waals surface area (Å²) in [4.78, 5) is 13.0. The van der Waals surface area contributed by atoms with Crippen molar-refractivity contribution in [2.75, 3.05) is 19.1 Å². The minimum absolute atomic E-state index is 0.0301. The molecule has 0 bridgehead atoms. The van der Waals surface area contributed by atoms with Crippen molar-refractivity contribution < 1.29 is 14.4 Å². The van der Waals surface area contributed by atoms with Gasteiger partial charge in [-0.05, 0) is 31.9 Å². The zero-order valence-electron chi connectivity index (χ0n) is 15.4. The maximum absolute atomic E-state index is 11.2. The molecule has 1 atom stereocenters. The van der Waals surface area contributed by atoms with Crippen LogP contribution in [0, 0.1) is 10.1 Å². The van der Waals surface area contributed by atoms with Crippen LogP contribution < -0.4 is 14.4 Å². The fourth-order valence-electron chi connectivity index (χ4n) is 4.52. The highest BCUT2D eigenvalue weighted by molar-refractivity contribution is 5.67. The summed E-state index contributed by atoms with van der Waals surface area (Å²) in [5, 5.41) is 11.2. The van der Waals surface area contributed by atoms with Crippen molar-refractivity contribution >= 4 is 11.4 Å². The average molecular weight is 354 g/mol. The molecule has 6 heteroatoms. The van der Waals surface area contributed by atoms with Gasteiger partial charge in [-0.1, -0.05) is 18.2 Å². The normalized spacial score (nSPS) is 22.5. The van der Waals surface area contributed by atoms with Crippen molar-refractivity contribution in [1.29, 1.82) is 0 Å². The van der Waals surface area contributed by atoms with Gasteiger partial charge in [0.1, 0.15) is 0 Å². The van der Waals surface area contributed by atoms with E-state index in [0.29, 0.717) is 17.9 Å². The van der Waals surface area contributed by atoms with Crippen LogP contribution >= 0.6 is 0 Å². The SMILES string of the molecule is COc1cc([N+](=O)[O-])cc2c1OC1(CC2)N(C)c2ccccc2C1(C)C. The Kier molecular flexibility index (Phi) is 3.45. The van der Waals surface area contributed by atoms with Crippen LogP contribution in [0.5, 0.6) is 11.5 Å². The van der Waals surface area contributed by atoms with E-state index in [1.807, 2.05) is 12.1 Å². The van der Waals surface area contributed by atoms with Crippen LogP contribution in [0.4, 0.5) is 11.4 Å². The Morgan fingerprint density at radius 1 is 1.27 bits per heavy atom. The summed E-state index contributed by atoms with van der Waals surface area (Å²) in [5.74, 6) is 1.02. The van der Waals surface area contributed by atoms with E-state index in [2.05, 4.69) is 37.9 Å². The van der Waals surface area contributed by atoms with Crippen molar-refractivity contribution in [3.63, 3.8) is 0 Å². The molecule has 0 amide bonds. The molecule has 0 radical (unpaired) electrons. The summed E-state index contributed by atoms with van der Waals surface area (Å²) in [6, 6.07) is 11.4. The molecule has 2 aromatic rings. The van der Waals surface area contributed by atoms with Gasteiger partial charge in [0.15, 0.2) is 17.2 Å². The molecule has 0 N–H and O–H groups in total. The fraction of sp³-hybridized carbons (Fsp3) is 0.400. The van der Waals surface area contributed by atoms with Gasteiger partial charge in [0.05, 0.1) is 23.5 Å². The first kappa shape index (κ1) is 16.7. The standard InChI is InChI=1S/C20H22N2O4/c1-19(2)15-7-5-6-8-16(15)21(3)20(19)10-9-13-11-14(22(23)24)12-17(25-4)18(13)26-20/h5-8,11-12H,9-10H2,1-4H3. The number of nitro groups is 1. The Labute approximate surface area is 152 Å². The number of nitro benzene ring substituents is 1. The molecule has 2 aliphatic heterocycles. The molecule has 0 saturated heterocycles. The molecule has 6 nitrogen and oxygen atoms in total. The fourth-order valence-corrected chi connectivity index (χ4v) is 4.52. The van der Waals surface area contributed by atoms with E-state index in [0.717, 1.165) is 17.7 Å². The van der Waals surface area contributed by atoms with Gasteiger partial charge in [-0.15, -0.1) is 0 Å². The average Bonchev–Trinajstić information content (AvgIpc) is 2.80. The van der Waals surface area contributed by atoms with Crippen molar-refractivity contribution in [1.82, 2.24) is 0 Å². The van der Waals surface area contributed by atoms with Gasteiger partial charge in [0.25, 0.3) is 5.69 Å². The topological polar surface area (TPSA) is 64.8 Å². The van der Waals surface area contributed by atoms with E-state index < -0.39 is 10.6 Å². The van der Waals surface area contributed by atoms with Crippen LogP contribution in [-0.2, 0) is 11.8 Å². The molecule has 0 aromatic heterocycles. The zero-order chi connectivity index (χ0) is 18.7. The number of rotatable bonds is 2. The maximum atomic E-state index is 11.2. The molecule has 4 rings (SSSR count). The number of methoxy groups -OCH3 is 1. The molecular weight excluding hydrogens is 332 g/mol. The summed E-state index contributed by atoms with van der Waals surface area (Å²) in [6.45, 7) is 4.39. The van der Waals surface area contributed by atoms with E-state index >= 15 is 0 Å². The summed E-state index contributed by atoms with van der Waals surface area (Å²) in [5.41, 5.74) is 2.44. The molecule has 2 heterocycles. The number of para-hydroxylation sites is 1. The largest absolute Gasteiger partial charge is 0.493 e. The second-order valence-corrected chi connectivity index (χ2v) is 7.48. The van der Waals surface area contributed by atoms with Crippen LogP contribution in [0.2, 0.25) is 0 Å². The van der Waals surface area contributed by atoms with Gasteiger partial charge < -0.3 is 14.4 Å². The number of benzene rings is 2. The molecule has 0 saturated carbocycles. The third kappa shape index (κ3) is 1.98. The predicted octanol–water partition coefficient (Wildman–Crippen LogP) is 4.05. The number of likely N-dealkylation sites (N-methyl/N-ethyl adjacent to an activating group) is 1. The quantitative estimate of drug-likeness (QED) is 0.601. The monoisotopic (exact) mass is 354 g/mol. The van der Waals surface area contributed by atoms with Crippen molar-refractivity contribution in [2.24, 2.45) is 0 Å². The lowest BCUT2D eigenvalue weighted by Crippen LogP contribution is -2.60. The Balaban J connectivity index is 1.85. The van der Waals surface area contributed by atoms with Crippen molar-refractivity contribution in [3.05, 3.63) is 57.6 Å². The smallest absolute Gasteiger partial charge is 0.273 e. The lowest BCUT2D eigenvalue weighted by atomic mass is 9.74. The molecule has 1 unspecified atom stereocenters. The van der Waals surface area contributed by atoms with Crippen LogP contribution in [0.15, 0.2) is 36.4 Å². The summed E-state index contributed by atoms with van der Waals surface area (Å²) in [7, 11) is 3.57. The third-order valence-corrected chi connectivity index (χ3v) is 6.01. The molecule has 2 aliphatic rings. The number of hydrogen-bond donors (Lipinski definition) is 0. The summed E-state index contributed by atoms with van der Waals surface area (Å²) in [6.07, 6.45) is 1.43. The van der Waals surface area contributed by atoms with Gasteiger partial charge >= 0.3 is 0 Å². The lowest BCUT2D eigenvalue weighted by Gasteiger charge is -2.48. The Hall–Kier alpha value is -2.76. The minimum atomic E-state index is -0.562. The third-order valence-electron chi connectivity index (χ3n) is 6.01. The summed E-state index contributed by atoms with van der Waals surface area (Å²) < 4.78 is 12.1. The molecule has 0 aliphatic carbocycles. The Morgan fingerprint density at radius 2 is 2.00 bits per heavy atom. The first-order valence-electron chi connectivity index (χ1n) is 8.69. The van der Waals surface area contributed by atoms with Crippen molar-refractivity contribution in [3.8, 4) is 11.5 Å². The maximum Gasteiger partial charge on any atom is 0.273 e. The van der Waals surface area contributed by atoms with Crippen LogP contribution in [-0.4, -0.2) is 24.8 Å². The highest BCUT2D eigenvalue weighted by Gasteiger charge is 2.59. The van der Waals surface area contributed by atoms with E-state index in [-0.39, 0.29) is 11.1 Å². The number of nitrogens with zero attached hydrogens (tertiary/aromatic N) is 2. The molecule has 26 heavy (non-hydrogen) atoms. The second kappa shape index (κ2) is 5.37. The molecule has 1 spiro atoms. The molecule has 136 valence electrons. The van der Waals surface area contributed by atoms with E-state index in [1.54, 1.807) is 6.07 Å². The van der Waals surface area contributed by atoms with E-state index in [1.165, 1.54) is 18.7 Å². The Morgan fingerprint density at radius 3 is 2.65 bits per heavy atom. The highest BCUT2D eigenvalue weighted by atomic mass is 16.6. The van der Waals surface area contributed by atoms with Crippen molar-refractivity contribution in [2.45, 2.75) is 37.8 Å². The first-order chi connectivity index (χ1) is 12.3. The van der Waals surface area contributed by atoms with Crippen LogP contribution in [0.1, 0.15) is 31.4 Å². The highest BCUT2D eigenvalue weighted by Crippen LogP contribution is 2.56. The number of non-ortho nitro benzene ring substituents is 1. The second-order valence-electron chi connectivity index (χ2n) is 7.48. The van der Waals surface area contributed by atoms with Crippen LogP contribution in [0.25, 0.3) is 0 Å². The number of fused-ring (bicyclic) bond motifs is 2. The number of aryl methyl sites for hydroxylation is 1. The zero-order valence-corrected chi connectivity index (χ0v) is 15.4. The van der Waals surface area contributed by atoms with Gasteiger partial charge in [-0.2, -0.15) is 0 Å². The number of hydrogen-bond acceptors (Lipinski definition) is 5. The van der Waals surface area contributed by atoms with Gasteiger partial charge in [-0.3, -0.25) is 10.1 Å². The van der Waals surface area contributed by atoms with Gasteiger partial charge in [-0.25, -0.2) is 0 Å².